The molecule has 1 aliphatic carbocycles. The molecule has 0 saturated carbocycles. The van der Waals surface area contributed by atoms with E-state index in [1.807, 2.05) is 60.7 Å². The molecule has 5 aromatic rings. The van der Waals surface area contributed by atoms with Crippen LogP contribution in [0.3, 0.4) is 0 Å². The number of benzene rings is 5. The molecule has 0 bridgehead atoms. The first-order valence-electron chi connectivity index (χ1n) is 10.7. The molecular formula is C30H20O2. The van der Waals surface area contributed by atoms with E-state index in [2.05, 4.69) is 49.0 Å². The lowest BCUT2D eigenvalue weighted by atomic mass is 9.82. The topological polar surface area (TPSA) is 26.3 Å². The van der Waals surface area contributed by atoms with Crippen LogP contribution in [0.5, 0.6) is 0 Å². The molecule has 0 saturated heterocycles. The first kappa shape index (κ1) is 18.6. The van der Waals surface area contributed by atoms with Crippen molar-refractivity contribution in [3.63, 3.8) is 0 Å². The molecule has 0 spiro atoms. The SMILES string of the molecule is C=Cc1cccc2c(C(=O)OC3c4ccccc4-c4cccc5cccc3c45)cccc12. The molecule has 1 atom stereocenters. The van der Waals surface area contributed by atoms with Crippen molar-refractivity contribution in [1.82, 2.24) is 0 Å². The third-order valence-electron chi connectivity index (χ3n) is 6.37. The number of hydrogen-bond acceptors (Lipinski definition) is 2. The number of hydrogen-bond donors (Lipinski definition) is 0. The zero-order valence-electron chi connectivity index (χ0n) is 17.4. The lowest BCUT2D eigenvalue weighted by Gasteiger charge is -2.28. The number of fused-ring (bicyclic) bond motifs is 3. The molecule has 0 radical (unpaired) electrons. The van der Waals surface area contributed by atoms with E-state index in [0.29, 0.717) is 5.56 Å². The quantitative estimate of drug-likeness (QED) is 0.286. The van der Waals surface area contributed by atoms with Crippen molar-refractivity contribution < 1.29 is 9.53 Å². The average Bonchev–Trinajstić information content (AvgIpc) is 2.85. The molecule has 2 heteroatoms. The largest absolute Gasteiger partial charge is 0.449 e. The predicted molar refractivity (Wildman–Crippen MR) is 131 cm³/mol. The van der Waals surface area contributed by atoms with Gasteiger partial charge in [0.1, 0.15) is 0 Å². The van der Waals surface area contributed by atoms with Gasteiger partial charge in [-0.2, -0.15) is 0 Å². The lowest BCUT2D eigenvalue weighted by molar-refractivity contribution is 0.0383. The standard InChI is InChI=1S/C30H20O2/c1-2-19-9-5-15-22-21(19)14-8-17-26(22)30(31)32-29-25-13-4-3-12-23(25)24-16-6-10-20-11-7-18-27(29)28(20)24/h2-18,29H,1H2. The molecular weight excluding hydrogens is 392 g/mol. The van der Waals surface area contributed by atoms with Gasteiger partial charge in [0.2, 0.25) is 0 Å². The van der Waals surface area contributed by atoms with Crippen LogP contribution in [-0.4, -0.2) is 5.97 Å². The Morgan fingerprint density at radius 2 is 1.41 bits per heavy atom. The Morgan fingerprint density at radius 1 is 0.719 bits per heavy atom. The summed E-state index contributed by atoms with van der Waals surface area (Å²) in [7, 11) is 0. The molecule has 0 N–H and O–H groups in total. The van der Waals surface area contributed by atoms with Crippen molar-refractivity contribution >= 4 is 33.6 Å². The summed E-state index contributed by atoms with van der Waals surface area (Å²) < 4.78 is 6.27. The summed E-state index contributed by atoms with van der Waals surface area (Å²) in [6.07, 6.45) is 1.35. The number of esters is 1. The maximum Gasteiger partial charge on any atom is 0.339 e. The second-order valence-electron chi connectivity index (χ2n) is 8.08. The molecule has 0 fully saturated rings. The molecule has 2 nitrogen and oxygen atoms in total. The van der Waals surface area contributed by atoms with Gasteiger partial charge in [-0.05, 0) is 44.3 Å². The van der Waals surface area contributed by atoms with Crippen molar-refractivity contribution in [2.24, 2.45) is 0 Å². The van der Waals surface area contributed by atoms with E-state index < -0.39 is 6.10 Å². The van der Waals surface area contributed by atoms with Gasteiger partial charge >= 0.3 is 5.97 Å². The highest BCUT2D eigenvalue weighted by Gasteiger charge is 2.30. The summed E-state index contributed by atoms with van der Waals surface area (Å²) in [6, 6.07) is 32.4. The van der Waals surface area contributed by atoms with E-state index in [-0.39, 0.29) is 5.97 Å². The maximum absolute atomic E-state index is 13.5. The van der Waals surface area contributed by atoms with Crippen LogP contribution >= 0.6 is 0 Å². The number of carbonyl (C=O) groups is 1. The van der Waals surface area contributed by atoms with Crippen LogP contribution in [0.1, 0.15) is 33.2 Å². The Bertz CT molecular complexity index is 1540. The molecule has 0 aliphatic heterocycles. The number of carbonyl (C=O) groups excluding carboxylic acids is 1. The van der Waals surface area contributed by atoms with Crippen molar-refractivity contribution in [2.45, 2.75) is 6.10 Å². The molecule has 1 unspecified atom stereocenters. The average molecular weight is 412 g/mol. The van der Waals surface area contributed by atoms with Crippen LogP contribution in [0.4, 0.5) is 0 Å². The van der Waals surface area contributed by atoms with E-state index in [1.54, 1.807) is 0 Å². The van der Waals surface area contributed by atoms with Gasteiger partial charge in [0.25, 0.3) is 0 Å². The fraction of sp³-hybridized carbons (Fsp3) is 0.0333. The van der Waals surface area contributed by atoms with Gasteiger partial charge in [-0.3, -0.25) is 0 Å². The molecule has 152 valence electrons. The second-order valence-corrected chi connectivity index (χ2v) is 8.08. The van der Waals surface area contributed by atoms with Gasteiger partial charge in [0.15, 0.2) is 6.10 Å². The van der Waals surface area contributed by atoms with Crippen molar-refractivity contribution in [1.29, 1.82) is 0 Å². The molecule has 0 amide bonds. The highest BCUT2D eigenvalue weighted by atomic mass is 16.5. The fourth-order valence-electron chi connectivity index (χ4n) is 4.94. The summed E-state index contributed by atoms with van der Waals surface area (Å²) in [5.41, 5.74) is 5.90. The smallest absolute Gasteiger partial charge is 0.339 e. The number of ether oxygens (including phenoxy) is 1. The van der Waals surface area contributed by atoms with Gasteiger partial charge < -0.3 is 4.74 Å². The highest BCUT2D eigenvalue weighted by molar-refractivity contribution is 6.07. The van der Waals surface area contributed by atoms with Gasteiger partial charge in [0.05, 0.1) is 5.56 Å². The molecule has 0 aromatic heterocycles. The molecule has 6 rings (SSSR count). The first-order valence-corrected chi connectivity index (χ1v) is 10.7. The summed E-state index contributed by atoms with van der Waals surface area (Å²) in [5, 5.41) is 4.17. The van der Waals surface area contributed by atoms with Crippen LogP contribution in [0.15, 0.2) is 104 Å². The Kier molecular flexibility index (Phi) is 4.19. The van der Waals surface area contributed by atoms with Crippen molar-refractivity contribution in [2.75, 3.05) is 0 Å². The minimum Gasteiger partial charge on any atom is -0.449 e. The maximum atomic E-state index is 13.5. The highest BCUT2D eigenvalue weighted by Crippen LogP contribution is 2.46. The van der Waals surface area contributed by atoms with Crippen molar-refractivity contribution in [3.8, 4) is 11.1 Å². The monoisotopic (exact) mass is 412 g/mol. The van der Waals surface area contributed by atoms with Crippen LogP contribution in [0.25, 0.3) is 38.7 Å². The number of rotatable bonds is 3. The Balaban J connectivity index is 1.52. The van der Waals surface area contributed by atoms with E-state index in [0.717, 1.165) is 43.8 Å². The minimum atomic E-state index is -0.463. The molecule has 5 aromatic carbocycles. The van der Waals surface area contributed by atoms with E-state index in [1.165, 1.54) is 5.56 Å². The van der Waals surface area contributed by atoms with Gasteiger partial charge in [-0.25, -0.2) is 4.79 Å². The van der Waals surface area contributed by atoms with Crippen LogP contribution in [-0.2, 0) is 4.74 Å². The zero-order chi connectivity index (χ0) is 21.7. The van der Waals surface area contributed by atoms with Crippen LogP contribution < -0.4 is 0 Å². The first-order chi connectivity index (χ1) is 15.8. The van der Waals surface area contributed by atoms with Crippen molar-refractivity contribution in [3.05, 3.63) is 126 Å². The van der Waals surface area contributed by atoms with E-state index in [9.17, 15) is 4.79 Å². The predicted octanol–water partition coefficient (Wildman–Crippen LogP) is 7.56. The third kappa shape index (κ3) is 2.70. The normalized spacial score (nSPS) is 14.2. The second kappa shape index (κ2) is 7.21. The molecule has 1 aliphatic rings. The Labute approximate surface area is 186 Å². The van der Waals surface area contributed by atoms with E-state index in [4.69, 9.17) is 4.74 Å². The van der Waals surface area contributed by atoms with Gasteiger partial charge in [-0.15, -0.1) is 0 Å². The Morgan fingerprint density at radius 3 is 2.28 bits per heavy atom. The third-order valence-corrected chi connectivity index (χ3v) is 6.37. The zero-order valence-corrected chi connectivity index (χ0v) is 17.4. The van der Waals surface area contributed by atoms with Gasteiger partial charge in [0, 0.05) is 11.1 Å². The van der Waals surface area contributed by atoms with Crippen LogP contribution in [0, 0.1) is 0 Å². The van der Waals surface area contributed by atoms with Gasteiger partial charge in [-0.1, -0.05) is 104 Å². The summed E-state index contributed by atoms with van der Waals surface area (Å²) in [6.45, 7) is 3.90. The van der Waals surface area contributed by atoms with Crippen LogP contribution in [0.2, 0.25) is 0 Å². The summed E-state index contributed by atoms with van der Waals surface area (Å²) in [4.78, 5) is 13.5. The fourth-order valence-corrected chi connectivity index (χ4v) is 4.94. The molecule has 0 heterocycles. The summed E-state index contributed by atoms with van der Waals surface area (Å²) >= 11 is 0. The Hall–Kier alpha value is -4.17. The lowest BCUT2D eigenvalue weighted by Crippen LogP contribution is -2.17. The molecule has 32 heavy (non-hydrogen) atoms. The summed E-state index contributed by atoms with van der Waals surface area (Å²) in [5.74, 6) is -0.326. The van der Waals surface area contributed by atoms with E-state index >= 15 is 0 Å². The minimum absolute atomic E-state index is 0.326.